The third-order valence-corrected chi connectivity index (χ3v) is 6.74. The Bertz CT molecular complexity index is 1210. The fraction of sp³-hybridized carbons (Fsp3) is 0.136. The van der Waals surface area contributed by atoms with E-state index in [1.54, 1.807) is 43.3 Å². The molecule has 0 aliphatic heterocycles. The molecule has 156 valence electrons. The van der Waals surface area contributed by atoms with E-state index in [9.17, 15) is 17.6 Å². The van der Waals surface area contributed by atoms with Crippen LogP contribution in [-0.4, -0.2) is 21.4 Å². The predicted molar refractivity (Wildman–Crippen MR) is 117 cm³/mol. The molecule has 3 aromatic carbocycles. The molecule has 0 spiro atoms. The van der Waals surface area contributed by atoms with Gasteiger partial charge in [-0.1, -0.05) is 35.4 Å². The van der Waals surface area contributed by atoms with Crippen LogP contribution in [0.2, 0.25) is 5.02 Å². The number of nitrogens with one attached hydrogen (secondary N) is 1. The first kappa shape index (κ1) is 21.8. The summed E-state index contributed by atoms with van der Waals surface area (Å²) in [4.78, 5) is 12.8. The molecule has 3 aromatic rings. The molecular weight excluding hydrogens is 427 g/mol. The summed E-state index contributed by atoms with van der Waals surface area (Å²) < 4.78 is 40.5. The molecule has 5 nitrogen and oxygen atoms in total. The van der Waals surface area contributed by atoms with Crippen molar-refractivity contribution >= 4 is 38.9 Å². The van der Waals surface area contributed by atoms with Gasteiger partial charge in [-0.2, -0.15) is 0 Å². The Morgan fingerprint density at radius 1 is 1.00 bits per heavy atom. The molecule has 0 aliphatic carbocycles. The SMILES string of the molecule is Cc1ccc(S(=O)(=O)N(C)c2cc(C(=O)Nc3ccc(F)c(Cl)c3)ccc2C)cc1. The molecule has 3 rings (SSSR count). The molecule has 0 saturated carbocycles. The molecule has 0 unspecified atom stereocenters. The summed E-state index contributed by atoms with van der Waals surface area (Å²) in [5.74, 6) is -1.06. The van der Waals surface area contributed by atoms with Gasteiger partial charge in [-0.25, -0.2) is 12.8 Å². The standard InChI is InChI=1S/C22H20ClFN2O3S/c1-14-4-9-18(10-5-14)30(28,29)26(3)21-12-16(7-6-15(21)2)22(27)25-17-8-11-20(24)19(23)13-17/h4-13H,1-3H3,(H,25,27). The van der Waals surface area contributed by atoms with Crippen LogP contribution >= 0.6 is 11.6 Å². The van der Waals surface area contributed by atoms with E-state index < -0.39 is 21.7 Å². The molecule has 0 bridgehead atoms. The molecule has 8 heteroatoms. The number of nitrogens with zero attached hydrogens (tertiary/aromatic N) is 1. The Morgan fingerprint density at radius 3 is 2.30 bits per heavy atom. The van der Waals surface area contributed by atoms with Gasteiger partial charge in [0.25, 0.3) is 15.9 Å². The lowest BCUT2D eigenvalue weighted by atomic mass is 10.1. The van der Waals surface area contributed by atoms with Crippen molar-refractivity contribution in [3.05, 3.63) is 88.2 Å². The smallest absolute Gasteiger partial charge is 0.264 e. The molecule has 1 amide bonds. The first-order valence-electron chi connectivity index (χ1n) is 9.02. The maximum Gasteiger partial charge on any atom is 0.264 e. The minimum atomic E-state index is -3.80. The van der Waals surface area contributed by atoms with Crippen molar-refractivity contribution < 1.29 is 17.6 Å². The van der Waals surface area contributed by atoms with Gasteiger partial charge in [0.1, 0.15) is 5.82 Å². The predicted octanol–water partition coefficient (Wildman–Crippen LogP) is 5.17. The van der Waals surface area contributed by atoms with Crippen molar-refractivity contribution in [1.82, 2.24) is 0 Å². The normalized spacial score (nSPS) is 11.2. The van der Waals surface area contributed by atoms with Gasteiger partial charge in [0.2, 0.25) is 0 Å². The zero-order valence-electron chi connectivity index (χ0n) is 16.6. The lowest BCUT2D eigenvalue weighted by Crippen LogP contribution is -2.27. The van der Waals surface area contributed by atoms with Gasteiger partial charge in [0.05, 0.1) is 15.6 Å². The van der Waals surface area contributed by atoms with Crippen LogP contribution in [0.4, 0.5) is 15.8 Å². The number of carbonyl (C=O) groups excluding carboxylic acids is 1. The van der Waals surface area contributed by atoms with E-state index in [2.05, 4.69) is 5.32 Å². The Morgan fingerprint density at radius 2 is 1.67 bits per heavy atom. The third-order valence-electron chi connectivity index (χ3n) is 4.67. The van der Waals surface area contributed by atoms with Gasteiger partial charge in [-0.15, -0.1) is 0 Å². The van der Waals surface area contributed by atoms with Crippen molar-refractivity contribution in [1.29, 1.82) is 0 Å². The number of aryl methyl sites for hydroxylation is 2. The summed E-state index contributed by atoms with van der Waals surface area (Å²) in [6.45, 7) is 3.64. The van der Waals surface area contributed by atoms with Crippen LogP contribution in [-0.2, 0) is 10.0 Å². The van der Waals surface area contributed by atoms with E-state index in [1.165, 1.54) is 25.2 Å². The van der Waals surface area contributed by atoms with Crippen LogP contribution in [0.25, 0.3) is 0 Å². The number of carbonyl (C=O) groups is 1. The highest BCUT2D eigenvalue weighted by atomic mass is 35.5. The summed E-state index contributed by atoms with van der Waals surface area (Å²) in [7, 11) is -2.36. The van der Waals surface area contributed by atoms with E-state index in [1.807, 2.05) is 6.92 Å². The van der Waals surface area contributed by atoms with Crippen molar-refractivity contribution in [2.75, 3.05) is 16.7 Å². The summed E-state index contributed by atoms with van der Waals surface area (Å²) >= 11 is 5.75. The van der Waals surface area contributed by atoms with Crippen LogP contribution in [0, 0.1) is 19.7 Å². The second-order valence-electron chi connectivity index (χ2n) is 6.87. The monoisotopic (exact) mass is 446 g/mol. The number of rotatable bonds is 5. The van der Waals surface area contributed by atoms with E-state index in [-0.39, 0.29) is 15.5 Å². The highest BCUT2D eigenvalue weighted by molar-refractivity contribution is 7.92. The molecule has 0 heterocycles. The molecule has 0 aliphatic rings. The van der Waals surface area contributed by atoms with Crippen LogP contribution in [0.5, 0.6) is 0 Å². The summed E-state index contributed by atoms with van der Waals surface area (Å²) in [6.07, 6.45) is 0. The highest BCUT2D eigenvalue weighted by Crippen LogP contribution is 2.27. The largest absolute Gasteiger partial charge is 0.322 e. The number of sulfonamides is 1. The van der Waals surface area contributed by atoms with Gasteiger partial charge in [-0.3, -0.25) is 9.10 Å². The molecule has 0 atom stereocenters. The zero-order chi connectivity index (χ0) is 22.1. The van der Waals surface area contributed by atoms with Crippen LogP contribution in [0.1, 0.15) is 21.5 Å². The lowest BCUT2D eigenvalue weighted by Gasteiger charge is -2.22. The fourth-order valence-electron chi connectivity index (χ4n) is 2.86. The molecule has 30 heavy (non-hydrogen) atoms. The maximum absolute atomic E-state index is 13.3. The van der Waals surface area contributed by atoms with Gasteiger partial charge in [-0.05, 0) is 61.9 Å². The maximum atomic E-state index is 13.3. The van der Waals surface area contributed by atoms with Crippen molar-refractivity contribution in [2.45, 2.75) is 18.7 Å². The molecule has 0 aromatic heterocycles. The summed E-state index contributed by atoms with van der Waals surface area (Å²) in [5, 5.41) is 2.52. The topological polar surface area (TPSA) is 66.5 Å². The minimum Gasteiger partial charge on any atom is -0.322 e. The quantitative estimate of drug-likeness (QED) is 0.587. The van der Waals surface area contributed by atoms with E-state index >= 15 is 0 Å². The number of amides is 1. The Labute approximate surface area is 180 Å². The van der Waals surface area contributed by atoms with Crippen molar-refractivity contribution in [3.8, 4) is 0 Å². The van der Waals surface area contributed by atoms with Gasteiger partial charge in [0.15, 0.2) is 0 Å². The number of benzene rings is 3. The van der Waals surface area contributed by atoms with E-state index in [0.29, 0.717) is 16.9 Å². The first-order valence-corrected chi connectivity index (χ1v) is 10.8. The zero-order valence-corrected chi connectivity index (χ0v) is 18.2. The second-order valence-corrected chi connectivity index (χ2v) is 9.25. The van der Waals surface area contributed by atoms with Gasteiger partial charge >= 0.3 is 0 Å². The Balaban J connectivity index is 1.91. The average molecular weight is 447 g/mol. The summed E-state index contributed by atoms with van der Waals surface area (Å²) in [5.41, 5.74) is 2.60. The van der Waals surface area contributed by atoms with Gasteiger partial charge in [0, 0.05) is 18.3 Å². The lowest BCUT2D eigenvalue weighted by molar-refractivity contribution is 0.102. The average Bonchev–Trinajstić information content (AvgIpc) is 2.71. The fourth-order valence-corrected chi connectivity index (χ4v) is 4.30. The number of hydrogen-bond acceptors (Lipinski definition) is 3. The Kier molecular flexibility index (Phi) is 6.14. The number of hydrogen-bond donors (Lipinski definition) is 1. The van der Waals surface area contributed by atoms with Gasteiger partial charge < -0.3 is 5.32 Å². The number of anilines is 2. The molecule has 1 N–H and O–H groups in total. The van der Waals surface area contributed by atoms with Crippen LogP contribution in [0.15, 0.2) is 65.6 Å². The second kappa shape index (κ2) is 8.45. The first-order chi connectivity index (χ1) is 14.1. The third kappa shape index (κ3) is 4.47. The number of halogens is 2. The molecule has 0 fully saturated rings. The van der Waals surface area contributed by atoms with Crippen LogP contribution < -0.4 is 9.62 Å². The summed E-state index contributed by atoms with van der Waals surface area (Å²) in [6, 6.07) is 15.2. The Hall–Kier alpha value is -2.90. The van der Waals surface area contributed by atoms with E-state index in [0.717, 1.165) is 15.9 Å². The molecular formula is C22H20ClFN2O3S. The van der Waals surface area contributed by atoms with E-state index in [4.69, 9.17) is 11.6 Å². The minimum absolute atomic E-state index is 0.110. The highest BCUT2D eigenvalue weighted by Gasteiger charge is 2.23. The van der Waals surface area contributed by atoms with Crippen molar-refractivity contribution in [3.63, 3.8) is 0 Å². The van der Waals surface area contributed by atoms with Crippen LogP contribution in [0.3, 0.4) is 0 Å². The van der Waals surface area contributed by atoms with Crippen molar-refractivity contribution in [2.24, 2.45) is 0 Å². The molecule has 0 saturated heterocycles. The molecule has 0 radical (unpaired) electrons.